The van der Waals surface area contributed by atoms with Gasteiger partial charge in [0.2, 0.25) is 0 Å². The van der Waals surface area contributed by atoms with Crippen LogP contribution in [0.25, 0.3) is 0 Å². The molecule has 3 heterocycles. The number of rotatable bonds is 1. The van der Waals surface area contributed by atoms with Crippen LogP contribution in [0, 0.1) is 22.7 Å². The van der Waals surface area contributed by atoms with Crippen LogP contribution in [0.2, 0.25) is 0 Å². The third-order valence-corrected chi connectivity index (χ3v) is 2.57. The summed E-state index contributed by atoms with van der Waals surface area (Å²) in [5.41, 5.74) is -0.765. The Hall–Kier alpha value is -0.630. The van der Waals surface area contributed by atoms with Crippen LogP contribution in [0.3, 0.4) is 0 Å². The van der Waals surface area contributed by atoms with Crippen LogP contribution in [0.5, 0.6) is 0 Å². The maximum Gasteiger partial charge on any atom is 0.302 e. The normalized spacial score (nSPS) is 38.7. The van der Waals surface area contributed by atoms with E-state index in [0.29, 0.717) is 25.7 Å². The van der Waals surface area contributed by atoms with Crippen molar-refractivity contribution in [2.24, 2.45) is 11.3 Å². The molecule has 0 spiro atoms. The van der Waals surface area contributed by atoms with Gasteiger partial charge < -0.3 is 14.2 Å². The van der Waals surface area contributed by atoms with E-state index in [4.69, 9.17) is 19.5 Å². The molecule has 4 nitrogen and oxygen atoms in total. The lowest BCUT2D eigenvalue weighted by Crippen LogP contribution is -2.61. The van der Waals surface area contributed by atoms with Crippen molar-refractivity contribution in [3.63, 3.8) is 0 Å². The fourth-order valence-electron chi connectivity index (χ4n) is 1.56. The largest absolute Gasteiger partial charge is 0.326 e. The molecule has 0 amide bonds. The molecular weight excluding hydrogens is 170 g/mol. The highest BCUT2D eigenvalue weighted by molar-refractivity contribution is 5.01. The molecule has 13 heavy (non-hydrogen) atoms. The Bertz CT molecular complexity index is 234. The third kappa shape index (κ3) is 1.16. The number of ether oxygens (including phenoxy) is 3. The Kier molecular flexibility index (Phi) is 1.84. The number of fused-ring (bicyclic) bond motifs is 3. The van der Waals surface area contributed by atoms with Gasteiger partial charge in [-0.15, -0.1) is 0 Å². The summed E-state index contributed by atoms with van der Waals surface area (Å²) < 4.78 is 16.4. The van der Waals surface area contributed by atoms with Gasteiger partial charge in [-0.3, -0.25) is 0 Å². The molecule has 3 saturated heterocycles. The molecule has 3 rings (SSSR count). The highest BCUT2D eigenvalue weighted by Gasteiger charge is 2.56. The Morgan fingerprint density at radius 3 is 2.08 bits per heavy atom. The molecule has 0 saturated carbocycles. The van der Waals surface area contributed by atoms with Crippen LogP contribution >= 0.6 is 0 Å². The summed E-state index contributed by atoms with van der Waals surface area (Å²) in [5.74, 6) is -0.799. The third-order valence-electron chi connectivity index (χ3n) is 2.57. The smallest absolute Gasteiger partial charge is 0.302 e. The van der Waals surface area contributed by atoms with Gasteiger partial charge in [0.05, 0.1) is 25.9 Å². The Balaban J connectivity index is 2.25. The van der Waals surface area contributed by atoms with E-state index in [1.165, 1.54) is 0 Å². The molecule has 72 valence electrons. The molecule has 4 heteroatoms. The summed E-state index contributed by atoms with van der Waals surface area (Å²) in [5, 5.41) is 8.97. The molecule has 3 fully saturated rings. The summed E-state index contributed by atoms with van der Waals surface area (Å²) in [6.45, 7) is 5.42. The van der Waals surface area contributed by atoms with E-state index in [-0.39, 0.29) is 0 Å². The molecule has 0 aromatic heterocycles. The fourth-order valence-corrected chi connectivity index (χ4v) is 1.56. The van der Waals surface area contributed by atoms with Crippen LogP contribution in [-0.4, -0.2) is 25.8 Å². The number of nitrogens with zero attached hydrogens (tertiary/aromatic N) is 1. The molecule has 0 aromatic rings. The van der Waals surface area contributed by atoms with Crippen LogP contribution < -0.4 is 0 Å². The predicted molar refractivity (Wildman–Crippen MR) is 43.5 cm³/mol. The van der Waals surface area contributed by atoms with Crippen LogP contribution in [0.4, 0.5) is 0 Å². The van der Waals surface area contributed by atoms with E-state index in [0.717, 1.165) is 0 Å². The second-order valence-corrected chi connectivity index (χ2v) is 4.09. The van der Waals surface area contributed by atoms with Gasteiger partial charge in [0.25, 0.3) is 0 Å². The molecule has 2 bridgehead atoms. The van der Waals surface area contributed by atoms with Crippen molar-refractivity contribution in [2.75, 3.05) is 19.8 Å². The van der Waals surface area contributed by atoms with E-state index in [1.807, 2.05) is 0 Å². The molecule has 3 aliphatic rings. The first-order valence-electron chi connectivity index (χ1n) is 4.43. The van der Waals surface area contributed by atoms with Gasteiger partial charge in [-0.2, -0.15) is 5.26 Å². The lowest BCUT2D eigenvalue weighted by Gasteiger charge is -2.49. The van der Waals surface area contributed by atoms with Crippen molar-refractivity contribution < 1.29 is 14.2 Å². The van der Waals surface area contributed by atoms with E-state index in [2.05, 4.69) is 6.07 Å². The minimum Gasteiger partial charge on any atom is -0.326 e. The van der Waals surface area contributed by atoms with Gasteiger partial charge >= 0.3 is 5.97 Å². The van der Waals surface area contributed by atoms with Crippen molar-refractivity contribution >= 4 is 0 Å². The van der Waals surface area contributed by atoms with Crippen LogP contribution in [-0.2, 0) is 14.2 Å². The van der Waals surface area contributed by atoms with E-state index in [1.54, 1.807) is 13.8 Å². The quantitative estimate of drug-likeness (QED) is 0.605. The standard InChI is InChI=1S/C9H13NO3/c1-8(2,6-10)9-11-3-7(4-12-9)5-13-9/h7H,3-5H2,1-2H3. The van der Waals surface area contributed by atoms with Gasteiger partial charge in [0.1, 0.15) is 5.41 Å². The summed E-state index contributed by atoms with van der Waals surface area (Å²) >= 11 is 0. The van der Waals surface area contributed by atoms with Crippen molar-refractivity contribution in [1.29, 1.82) is 5.26 Å². The maximum absolute atomic E-state index is 8.97. The fraction of sp³-hybridized carbons (Fsp3) is 0.889. The van der Waals surface area contributed by atoms with Crippen molar-refractivity contribution in [3.05, 3.63) is 0 Å². The number of hydrogen-bond donors (Lipinski definition) is 0. The molecule has 0 N–H and O–H groups in total. The van der Waals surface area contributed by atoms with Gasteiger partial charge in [0.15, 0.2) is 0 Å². The minimum absolute atomic E-state index is 0.330. The molecule has 0 unspecified atom stereocenters. The molecule has 0 atom stereocenters. The molecule has 0 aromatic carbocycles. The van der Waals surface area contributed by atoms with Gasteiger partial charge in [-0.1, -0.05) is 0 Å². The Morgan fingerprint density at radius 2 is 1.69 bits per heavy atom. The monoisotopic (exact) mass is 183 g/mol. The Labute approximate surface area is 77.4 Å². The maximum atomic E-state index is 8.97. The van der Waals surface area contributed by atoms with E-state index < -0.39 is 11.4 Å². The molecule has 3 aliphatic heterocycles. The zero-order valence-corrected chi connectivity index (χ0v) is 7.87. The minimum atomic E-state index is -1.13. The SMILES string of the molecule is CC(C)(C#N)C12OCC(CO1)CO2. The van der Waals surface area contributed by atoms with Crippen molar-refractivity contribution in [3.8, 4) is 6.07 Å². The molecule has 0 radical (unpaired) electrons. The first kappa shape index (κ1) is 8.95. The summed E-state index contributed by atoms with van der Waals surface area (Å²) in [7, 11) is 0. The molecule has 0 aliphatic carbocycles. The lowest BCUT2D eigenvalue weighted by molar-refractivity contribution is -0.476. The topological polar surface area (TPSA) is 51.5 Å². The average Bonchev–Trinajstić information content (AvgIpc) is 2.20. The first-order valence-corrected chi connectivity index (χ1v) is 4.43. The number of nitriles is 1. The lowest BCUT2D eigenvalue weighted by atomic mass is 9.90. The van der Waals surface area contributed by atoms with Gasteiger partial charge in [-0.05, 0) is 13.8 Å². The highest BCUT2D eigenvalue weighted by atomic mass is 16.9. The van der Waals surface area contributed by atoms with Crippen molar-refractivity contribution in [1.82, 2.24) is 0 Å². The van der Waals surface area contributed by atoms with Gasteiger partial charge in [-0.25, -0.2) is 0 Å². The van der Waals surface area contributed by atoms with E-state index >= 15 is 0 Å². The second-order valence-electron chi connectivity index (χ2n) is 4.09. The zero-order valence-electron chi connectivity index (χ0n) is 7.87. The first-order chi connectivity index (χ1) is 6.10. The highest BCUT2D eigenvalue weighted by Crippen LogP contribution is 2.42. The van der Waals surface area contributed by atoms with Crippen molar-refractivity contribution in [2.45, 2.75) is 19.8 Å². The van der Waals surface area contributed by atoms with Gasteiger partial charge in [0, 0.05) is 5.92 Å². The van der Waals surface area contributed by atoms with E-state index in [9.17, 15) is 0 Å². The van der Waals surface area contributed by atoms with Crippen LogP contribution in [0.1, 0.15) is 13.8 Å². The molecular formula is C9H13NO3. The summed E-state index contributed by atoms with van der Waals surface area (Å²) in [4.78, 5) is 0. The van der Waals surface area contributed by atoms with Crippen LogP contribution in [0.15, 0.2) is 0 Å². The Morgan fingerprint density at radius 1 is 1.23 bits per heavy atom. The predicted octanol–water partition coefficient (Wildman–Crippen LogP) is 0.883. The number of hydrogen-bond acceptors (Lipinski definition) is 4. The average molecular weight is 183 g/mol. The second kappa shape index (κ2) is 2.68. The summed E-state index contributed by atoms with van der Waals surface area (Å²) in [6.07, 6.45) is 0. The zero-order chi connectivity index (χ0) is 9.53. The summed E-state index contributed by atoms with van der Waals surface area (Å²) in [6, 6.07) is 2.15.